The van der Waals surface area contributed by atoms with Crippen LogP contribution in [0.4, 0.5) is 0 Å². The fourth-order valence-corrected chi connectivity index (χ4v) is 2.18. The number of aromatic carboxylic acids is 1. The highest BCUT2D eigenvalue weighted by Gasteiger charge is 2.15. The number of carboxylic acid groups (broad SMARTS) is 1. The molecule has 0 aromatic heterocycles. The van der Waals surface area contributed by atoms with Gasteiger partial charge in [-0.25, -0.2) is 4.79 Å². The molecule has 116 valence electrons. The summed E-state index contributed by atoms with van der Waals surface area (Å²) in [7, 11) is 0. The normalized spacial score (nSPS) is 11.9. The van der Waals surface area contributed by atoms with Crippen LogP contribution in [0.15, 0.2) is 24.3 Å². The molecule has 21 heavy (non-hydrogen) atoms. The van der Waals surface area contributed by atoms with Crippen LogP contribution in [-0.4, -0.2) is 18.0 Å². The van der Waals surface area contributed by atoms with Gasteiger partial charge in [0.2, 0.25) is 0 Å². The predicted octanol–water partition coefficient (Wildman–Crippen LogP) is 2.96. The zero-order valence-electron chi connectivity index (χ0n) is 12.8. The zero-order chi connectivity index (χ0) is 15.7. The Morgan fingerprint density at radius 1 is 1.10 bits per heavy atom. The van der Waals surface area contributed by atoms with Gasteiger partial charge in [-0.05, 0) is 25.8 Å². The molecule has 0 unspecified atom stereocenters. The number of ether oxygens (including phenoxy) is 1. The quantitative estimate of drug-likeness (QED) is 0.518. The molecule has 0 aliphatic rings. The minimum absolute atomic E-state index is 0.0512. The summed E-state index contributed by atoms with van der Waals surface area (Å²) in [6.45, 7) is 4.00. The molecule has 0 bridgehead atoms. The highest BCUT2D eigenvalue weighted by Crippen LogP contribution is 2.14. The molecule has 0 aliphatic heterocycles. The highest BCUT2D eigenvalue weighted by atomic mass is 16.5. The van der Waals surface area contributed by atoms with Gasteiger partial charge in [-0.15, -0.1) is 0 Å². The van der Waals surface area contributed by atoms with Crippen LogP contribution < -0.4 is 5.11 Å². The Labute approximate surface area is 126 Å². The van der Waals surface area contributed by atoms with Crippen LogP contribution in [0.5, 0.6) is 0 Å². The van der Waals surface area contributed by atoms with Gasteiger partial charge in [-0.3, -0.25) is 0 Å². The van der Waals surface area contributed by atoms with Crippen molar-refractivity contribution in [3.63, 3.8) is 0 Å². The SMILES string of the molecule is CCCCCCC[C@@H](C)OC(=O)c1ccccc1C(=O)[O-]. The van der Waals surface area contributed by atoms with Gasteiger partial charge in [0.15, 0.2) is 0 Å². The maximum absolute atomic E-state index is 12.0. The third-order valence-electron chi connectivity index (χ3n) is 3.39. The van der Waals surface area contributed by atoms with Gasteiger partial charge >= 0.3 is 5.97 Å². The van der Waals surface area contributed by atoms with E-state index in [1.165, 1.54) is 31.4 Å². The van der Waals surface area contributed by atoms with Crippen LogP contribution in [0.25, 0.3) is 0 Å². The van der Waals surface area contributed by atoms with E-state index in [4.69, 9.17) is 4.74 Å². The number of esters is 1. The summed E-state index contributed by atoms with van der Waals surface area (Å²) in [5.74, 6) is -1.97. The molecule has 0 amide bonds. The van der Waals surface area contributed by atoms with Crippen molar-refractivity contribution < 1.29 is 19.4 Å². The number of carboxylic acids is 1. The van der Waals surface area contributed by atoms with E-state index in [2.05, 4.69) is 6.92 Å². The molecule has 0 heterocycles. The van der Waals surface area contributed by atoms with E-state index in [9.17, 15) is 14.7 Å². The van der Waals surface area contributed by atoms with E-state index in [-0.39, 0.29) is 17.2 Å². The first-order chi connectivity index (χ1) is 10.1. The molecule has 1 rings (SSSR count). The number of hydrogen-bond acceptors (Lipinski definition) is 4. The van der Waals surface area contributed by atoms with Crippen LogP contribution in [-0.2, 0) is 4.74 Å². The second-order valence-corrected chi connectivity index (χ2v) is 5.25. The molecule has 4 nitrogen and oxygen atoms in total. The van der Waals surface area contributed by atoms with Gasteiger partial charge in [0.25, 0.3) is 0 Å². The van der Waals surface area contributed by atoms with E-state index in [0.29, 0.717) is 0 Å². The third-order valence-corrected chi connectivity index (χ3v) is 3.39. The van der Waals surface area contributed by atoms with Crippen molar-refractivity contribution in [2.24, 2.45) is 0 Å². The summed E-state index contributed by atoms with van der Waals surface area (Å²) in [6, 6.07) is 5.96. The summed E-state index contributed by atoms with van der Waals surface area (Å²) in [6.07, 6.45) is 6.35. The van der Waals surface area contributed by atoms with Crippen molar-refractivity contribution in [1.82, 2.24) is 0 Å². The summed E-state index contributed by atoms with van der Waals surface area (Å²) >= 11 is 0. The van der Waals surface area contributed by atoms with Crippen LogP contribution in [0.2, 0.25) is 0 Å². The lowest BCUT2D eigenvalue weighted by molar-refractivity contribution is -0.255. The predicted molar refractivity (Wildman–Crippen MR) is 79.0 cm³/mol. The largest absolute Gasteiger partial charge is 0.545 e. The molecular formula is C17H23O4-. The van der Waals surface area contributed by atoms with Crippen molar-refractivity contribution in [2.75, 3.05) is 0 Å². The lowest BCUT2D eigenvalue weighted by Crippen LogP contribution is -2.26. The van der Waals surface area contributed by atoms with Gasteiger partial charge < -0.3 is 14.6 Å². The standard InChI is InChI=1S/C17H24O4/c1-3-4-5-6-7-10-13(2)21-17(20)15-12-9-8-11-14(15)16(18)19/h8-9,11-13H,3-7,10H2,1-2H3,(H,18,19)/p-1/t13-/m1/s1. The zero-order valence-corrected chi connectivity index (χ0v) is 12.8. The molecule has 1 aromatic carbocycles. The minimum atomic E-state index is -1.37. The molecule has 0 saturated carbocycles. The number of hydrogen-bond donors (Lipinski definition) is 0. The summed E-state index contributed by atoms with van der Waals surface area (Å²) in [5.41, 5.74) is -0.0759. The van der Waals surface area contributed by atoms with E-state index in [0.717, 1.165) is 19.3 Å². The van der Waals surface area contributed by atoms with Crippen molar-refractivity contribution in [2.45, 2.75) is 58.5 Å². The van der Waals surface area contributed by atoms with Gasteiger partial charge in [0.05, 0.1) is 17.6 Å². The Kier molecular flexibility index (Phi) is 7.51. The Hall–Kier alpha value is -1.84. The van der Waals surface area contributed by atoms with E-state index in [1.54, 1.807) is 12.1 Å². The lowest BCUT2D eigenvalue weighted by atomic mass is 10.1. The highest BCUT2D eigenvalue weighted by molar-refractivity contribution is 6.01. The topological polar surface area (TPSA) is 66.4 Å². The smallest absolute Gasteiger partial charge is 0.339 e. The Balaban J connectivity index is 2.47. The molecular weight excluding hydrogens is 268 g/mol. The van der Waals surface area contributed by atoms with E-state index in [1.807, 2.05) is 6.92 Å². The Morgan fingerprint density at radius 2 is 1.71 bits per heavy atom. The minimum Gasteiger partial charge on any atom is -0.545 e. The summed E-state index contributed by atoms with van der Waals surface area (Å²) in [5, 5.41) is 11.0. The lowest BCUT2D eigenvalue weighted by Gasteiger charge is -2.15. The maximum atomic E-state index is 12.0. The molecule has 0 spiro atoms. The van der Waals surface area contributed by atoms with Gasteiger partial charge in [0, 0.05) is 5.56 Å². The fraction of sp³-hybridized carbons (Fsp3) is 0.529. The maximum Gasteiger partial charge on any atom is 0.339 e. The van der Waals surface area contributed by atoms with Gasteiger partial charge in [0.1, 0.15) is 0 Å². The first-order valence-corrected chi connectivity index (χ1v) is 7.57. The first-order valence-electron chi connectivity index (χ1n) is 7.57. The monoisotopic (exact) mass is 291 g/mol. The van der Waals surface area contributed by atoms with Crippen molar-refractivity contribution in [3.8, 4) is 0 Å². The Bertz CT molecular complexity index is 468. The average molecular weight is 291 g/mol. The van der Waals surface area contributed by atoms with E-state index >= 15 is 0 Å². The van der Waals surface area contributed by atoms with Crippen LogP contribution >= 0.6 is 0 Å². The number of rotatable bonds is 9. The van der Waals surface area contributed by atoms with E-state index < -0.39 is 11.9 Å². The second-order valence-electron chi connectivity index (χ2n) is 5.25. The summed E-state index contributed by atoms with van der Waals surface area (Å²) in [4.78, 5) is 23.0. The molecule has 1 aromatic rings. The van der Waals surface area contributed by atoms with Gasteiger partial charge in [-0.1, -0.05) is 50.8 Å². The van der Waals surface area contributed by atoms with Crippen LogP contribution in [0, 0.1) is 0 Å². The molecule has 1 atom stereocenters. The molecule has 0 saturated heterocycles. The fourth-order valence-electron chi connectivity index (χ4n) is 2.18. The number of carbonyl (C=O) groups is 2. The van der Waals surface area contributed by atoms with Gasteiger partial charge in [-0.2, -0.15) is 0 Å². The molecule has 0 aliphatic carbocycles. The molecule has 0 radical (unpaired) electrons. The third kappa shape index (κ3) is 5.98. The average Bonchev–Trinajstić information content (AvgIpc) is 2.47. The molecule has 0 N–H and O–H groups in total. The molecule has 0 fully saturated rings. The van der Waals surface area contributed by atoms with Crippen LogP contribution in [0.3, 0.4) is 0 Å². The number of benzene rings is 1. The Morgan fingerprint density at radius 3 is 2.33 bits per heavy atom. The van der Waals surface area contributed by atoms with Crippen molar-refractivity contribution >= 4 is 11.9 Å². The number of unbranched alkanes of at least 4 members (excludes halogenated alkanes) is 4. The second kappa shape index (κ2) is 9.16. The van der Waals surface area contributed by atoms with Crippen molar-refractivity contribution in [3.05, 3.63) is 35.4 Å². The van der Waals surface area contributed by atoms with Crippen molar-refractivity contribution in [1.29, 1.82) is 0 Å². The first kappa shape index (κ1) is 17.2. The summed E-state index contributed by atoms with van der Waals surface area (Å²) < 4.78 is 5.30. The number of carbonyl (C=O) groups excluding carboxylic acids is 2. The molecule has 4 heteroatoms. The van der Waals surface area contributed by atoms with Crippen LogP contribution in [0.1, 0.15) is 73.1 Å².